The number of anilines is 3. The van der Waals surface area contributed by atoms with Crippen LogP contribution in [0.4, 0.5) is 17.6 Å². The second-order valence-electron chi connectivity index (χ2n) is 12.5. The Labute approximate surface area is 261 Å². The van der Waals surface area contributed by atoms with Crippen LogP contribution in [-0.2, 0) is 11.0 Å². The van der Waals surface area contributed by atoms with Crippen molar-refractivity contribution in [2.75, 3.05) is 43.4 Å². The van der Waals surface area contributed by atoms with E-state index in [1.54, 1.807) is 29.3 Å². The molecule has 3 saturated heterocycles. The van der Waals surface area contributed by atoms with E-state index in [9.17, 15) is 9.90 Å². The summed E-state index contributed by atoms with van der Waals surface area (Å²) in [6.07, 6.45) is 6.39. The number of amides is 1. The van der Waals surface area contributed by atoms with Crippen LogP contribution in [0.25, 0.3) is 11.5 Å². The number of aromatic nitrogens is 5. The molecular formula is C33H37N9O3. The Morgan fingerprint density at radius 3 is 2.51 bits per heavy atom. The summed E-state index contributed by atoms with van der Waals surface area (Å²) in [5.41, 5.74) is 1.99. The van der Waals surface area contributed by atoms with Gasteiger partial charge >= 0.3 is 0 Å². The van der Waals surface area contributed by atoms with E-state index in [2.05, 4.69) is 32.3 Å². The Kier molecular flexibility index (Phi) is 7.33. The van der Waals surface area contributed by atoms with Crippen molar-refractivity contribution in [3.8, 4) is 11.5 Å². The topological polar surface area (TPSA) is 145 Å². The minimum absolute atomic E-state index is 0.0697. The summed E-state index contributed by atoms with van der Waals surface area (Å²) in [4.78, 5) is 36.3. The van der Waals surface area contributed by atoms with E-state index in [-0.39, 0.29) is 23.9 Å². The molecule has 1 aromatic carbocycles. The Morgan fingerprint density at radius 1 is 1.04 bits per heavy atom. The van der Waals surface area contributed by atoms with Gasteiger partial charge in [0.1, 0.15) is 17.2 Å². The Bertz CT molecular complexity index is 1720. The van der Waals surface area contributed by atoms with E-state index >= 15 is 0 Å². The molecule has 3 fully saturated rings. The number of nitrogens with zero attached hydrogens (tertiary/aromatic N) is 7. The van der Waals surface area contributed by atoms with Crippen LogP contribution in [-0.4, -0.2) is 78.7 Å². The Hall–Kier alpha value is -4.68. The van der Waals surface area contributed by atoms with Gasteiger partial charge in [0.15, 0.2) is 5.82 Å². The van der Waals surface area contributed by atoms with Gasteiger partial charge in [-0.1, -0.05) is 41.6 Å². The molecule has 0 saturated carbocycles. The monoisotopic (exact) mass is 607 g/mol. The average Bonchev–Trinajstić information content (AvgIpc) is 3.64. The molecule has 1 amide bonds. The fourth-order valence-corrected chi connectivity index (χ4v) is 6.75. The molecule has 12 heteroatoms. The highest BCUT2D eigenvalue weighted by molar-refractivity contribution is 5.99. The van der Waals surface area contributed by atoms with Gasteiger partial charge in [-0.2, -0.15) is 9.97 Å². The molecule has 4 aromatic rings. The lowest BCUT2D eigenvalue weighted by Gasteiger charge is -2.46. The number of pyridine rings is 1. The predicted molar refractivity (Wildman–Crippen MR) is 169 cm³/mol. The summed E-state index contributed by atoms with van der Waals surface area (Å²) in [6.45, 7) is 11.1. The number of fused-ring (bicyclic) bond motifs is 4. The zero-order valence-corrected chi connectivity index (χ0v) is 25.5. The lowest BCUT2D eigenvalue weighted by Crippen LogP contribution is -2.51. The first kappa shape index (κ1) is 29.1. The molecule has 232 valence electrons. The quantitative estimate of drug-likeness (QED) is 0.220. The van der Waals surface area contributed by atoms with E-state index in [4.69, 9.17) is 19.5 Å². The van der Waals surface area contributed by atoms with E-state index in [1.807, 2.05) is 44.2 Å². The molecule has 1 atom stereocenters. The summed E-state index contributed by atoms with van der Waals surface area (Å²) in [6, 6.07) is 12.7. The van der Waals surface area contributed by atoms with Gasteiger partial charge in [0, 0.05) is 18.2 Å². The van der Waals surface area contributed by atoms with Crippen molar-refractivity contribution in [3.63, 3.8) is 0 Å². The SMILES string of the molecule is C=CCN1C(=O)c2ccc(Nc3ncc(-c4nc(C56CCN(CC5)CC6)no4)c(N[C@H](CO)c4ccccc4)n3)nc2C1(C)C. The highest BCUT2D eigenvalue weighted by Crippen LogP contribution is 2.42. The lowest BCUT2D eigenvalue weighted by atomic mass is 9.71. The molecule has 0 aliphatic carbocycles. The van der Waals surface area contributed by atoms with Crippen LogP contribution in [0.1, 0.15) is 66.6 Å². The number of nitrogens with one attached hydrogen (secondary N) is 2. The number of hydrogen-bond acceptors (Lipinski definition) is 11. The van der Waals surface area contributed by atoms with Crippen molar-refractivity contribution in [2.45, 2.75) is 50.1 Å². The van der Waals surface area contributed by atoms with Gasteiger partial charge in [-0.15, -0.1) is 6.58 Å². The molecule has 12 nitrogen and oxygen atoms in total. The molecule has 3 N–H and O–H groups in total. The van der Waals surface area contributed by atoms with Gasteiger partial charge in [0.25, 0.3) is 11.8 Å². The number of aliphatic hydroxyl groups excluding tert-OH is 1. The molecule has 2 bridgehead atoms. The highest BCUT2D eigenvalue weighted by Gasteiger charge is 2.45. The fourth-order valence-electron chi connectivity index (χ4n) is 6.75. The number of carbonyl (C=O) groups excluding carboxylic acids is 1. The second-order valence-corrected chi connectivity index (χ2v) is 12.5. The summed E-state index contributed by atoms with van der Waals surface area (Å²) in [7, 11) is 0. The van der Waals surface area contributed by atoms with Crippen molar-refractivity contribution in [2.24, 2.45) is 0 Å². The molecular weight excluding hydrogens is 570 g/mol. The molecule has 45 heavy (non-hydrogen) atoms. The van der Waals surface area contributed by atoms with Crippen LogP contribution >= 0.6 is 0 Å². The van der Waals surface area contributed by atoms with Gasteiger partial charge < -0.3 is 30.1 Å². The molecule has 0 spiro atoms. The van der Waals surface area contributed by atoms with E-state index in [1.165, 1.54) is 0 Å². The van der Waals surface area contributed by atoms with E-state index in [0.717, 1.165) is 50.3 Å². The van der Waals surface area contributed by atoms with Crippen molar-refractivity contribution < 1.29 is 14.4 Å². The van der Waals surface area contributed by atoms with Crippen LogP contribution in [0.5, 0.6) is 0 Å². The summed E-state index contributed by atoms with van der Waals surface area (Å²) in [5.74, 6) is 2.19. The maximum absolute atomic E-state index is 13.0. The van der Waals surface area contributed by atoms with Gasteiger partial charge in [0.2, 0.25) is 5.95 Å². The minimum atomic E-state index is -0.607. The number of benzene rings is 1. The third kappa shape index (κ3) is 5.13. The van der Waals surface area contributed by atoms with Crippen LogP contribution in [0.2, 0.25) is 0 Å². The van der Waals surface area contributed by atoms with E-state index in [0.29, 0.717) is 40.9 Å². The summed E-state index contributed by atoms with van der Waals surface area (Å²) >= 11 is 0. The predicted octanol–water partition coefficient (Wildman–Crippen LogP) is 4.42. The third-order valence-electron chi connectivity index (χ3n) is 9.51. The molecule has 4 aliphatic heterocycles. The zero-order valence-electron chi connectivity index (χ0n) is 25.5. The fraction of sp³-hybridized carbons (Fsp3) is 0.394. The zero-order chi connectivity index (χ0) is 31.2. The van der Waals surface area contributed by atoms with Gasteiger partial charge in [-0.05, 0) is 70.4 Å². The maximum atomic E-state index is 13.0. The number of rotatable bonds is 10. The highest BCUT2D eigenvalue weighted by atomic mass is 16.5. The maximum Gasteiger partial charge on any atom is 0.263 e. The third-order valence-corrected chi connectivity index (χ3v) is 9.51. The van der Waals surface area contributed by atoms with Crippen molar-refractivity contribution in [1.82, 2.24) is 34.9 Å². The van der Waals surface area contributed by atoms with Gasteiger partial charge in [-0.25, -0.2) is 9.97 Å². The largest absolute Gasteiger partial charge is 0.394 e. The summed E-state index contributed by atoms with van der Waals surface area (Å²) in [5, 5.41) is 21.4. The first-order valence-corrected chi connectivity index (χ1v) is 15.4. The second kappa shape index (κ2) is 11.4. The average molecular weight is 608 g/mol. The van der Waals surface area contributed by atoms with Crippen LogP contribution < -0.4 is 10.6 Å². The van der Waals surface area contributed by atoms with E-state index < -0.39 is 11.6 Å². The Morgan fingerprint density at radius 2 is 1.80 bits per heavy atom. The van der Waals surface area contributed by atoms with Gasteiger partial charge in [-0.3, -0.25) is 4.79 Å². The number of piperidine rings is 3. The number of hydrogen-bond donors (Lipinski definition) is 3. The van der Waals surface area contributed by atoms with Crippen LogP contribution in [0.15, 0.2) is 65.8 Å². The normalized spacial score (nSPS) is 22.2. The molecule has 0 unspecified atom stereocenters. The van der Waals surface area contributed by atoms with Crippen molar-refractivity contribution in [3.05, 3.63) is 84.0 Å². The molecule has 3 aromatic heterocycles. The summed E-state index contributed by atoms with van der Waals surface area (Å²) < 4.78 is 5.85. The lowest BCUT2D eigenvalue weighted by molar-refractivity contribution is 0.0649. The van der Waals surface area contributed by atoms with Gasteiger partial charge in [0.05, 0.1) is 29.4 Å². The van der Waals surface area contributed by atoms with Crippen molar-refractivity contribution in [1.29, 1.82) is 0 Å². The minimum Gasteiger partial charge on any atom is -0.394 e. The first-order valence-electron chi connectivity index (χ1n) is 15.4. The molecule has 0 radical (unpaired) electrons. The number of aliphatic hydroxyl groups is 1. The standard InChI is InChI=1S/C33H37N9O3/c1-4-15-42-29(44)22-10-11-25(36-26(22)32(42,2)3)37-31-34-19-23(27(38-31)35-24(20-43)21-8-6-5-7-9-21)28-39-30(40-45-28)33-12-16-41(17-13-33)18-14-33/h4-11,19,24,43H,1,12-18,20H2,2-3H3,(H2,34,35,36,37,38)/t24-/m1/s1. The Balaban J connectivity index is 1.22. The van der Waals surface area contributed by atoms with Crippen LogP contribution in [0, 0.1) is 0 Å². The molecule has 7 heterocycles. The smallest absolute Gasteiger partial charge is 0.263 e. The van der Waals surface area contributed by atoms with Crippen LogP contribution in [0.3, 0.4) is 0 Å². The number of carbonyl (C=O) groups is 1. The molecule has 8 rings (SSSR count). The molecule has 4 aliphatic rings. The van der Waals surface area contributed by atoms with Crippen molar-refractivity contribution >= 4 is 23.5 Å². The first-order chi connectivity index (χ1) is 21.8.